The number of carbonyl (C=O) groups is 1. The van der Waals surface area contributed by atoms with Gasteiger partial charge in [-0.15, -0.1) is 0 Å². The lowest BCUT2D eigenvalue weighted by molar-refractivity contribution is 0.0850. The Morgan fingerprint density at radius 1 is 1.43 bits per heavy atom. The summed E-state index contributed by atoms with van der Waals surface area (Å²) in [4.78, 5) is 11.5. The van der Waals surface area contributed by atoms with Crippen LogP contribution < -0.4 is 4.74 Å². The predicted molar refractivity (Wildman–Crippen MR) is 45.4 cm³/mol. The number of halogens is 2. The van der Waals surface area contributed by atoms with Gasteiger partial charge in [-0.05, 0) is 12.5 Å². The zero-order valence-electron chi connectivity index (χ0n) is 7.51. The maximum absolute atomic E-state index is 13.1. The normalized spacial score (nSPS) is 19.4. The van der Waals surface area contributed by atoms with E-state index in [9.17, 15) is 13.6 Å². The number of Topliss-reactive ketones (excluding diaryl/α,β-unsaturated/α-hetero) is 1. The first-order valence-electron chi connectivity index (χ1n) is 4.33. The van der Waals surface area contributed by atoms with E-state index in [1.54, 1.807) is 6.92 Å². The minimum atomic E-state index is -0.815. The highest BCUT2D eigenvalue weighted by atomic mass is 19.1. The van der Waals surface area contributed by atoms with Crippen molar-refractivity contribution in [2.75, 3.05) is 0 Å². The van der Waals surface area contributed by atoms with Crippen LogP contribution in [0.2, 0.25) is 0 Å². The summed E-state index contributed by atoms with van der Waals surface area (Å²) in [6, 6.07) is 1.72. The van der Waals surface area contributed by atoms with Crippen LogP contribution in [0, 0.1) is 11.6 Å². The molecule has 0 N–H and O–H groups in total. The first kappa shape index (κ1) is 9.12. The monoisotopic (exact) mass is 198 g/mol. The molecule has 1 heterocycles. The van der Waals surface area contributed by atoms with Gasteiger partial charge < -0.3 is 4.74 Å². The lowest BCUT2D eigenvalue weighted by atomic mass is 10.1. The topological polar surface area (TPSA) is 26.3 Å². The lowest BCUT2D eigenvalue weighted by Crippen LogP contribution is -2.18. The maximum Gasteiger partial charge on any atom is 0.207 e. The van der Waals surface area contributed by atoms with Gasteiger partial charge in [0.25, 0.3) is 0 Å². The molecular formula is C10H8F2O2. The van der Waals surface area contributed by atoms with E-state index in [2.05, 4.69) is 0 Å². The Balaban J connectivity index is 2.53. The third-order valence-electron chi connectivity index (χ3n) is 2.20. The van der Waals surface area contributed by atoms with E-state index >= 15 is 0 Å². The van der Waals surface area contributed by atoms with Crippen LogP contribution in [0.3, 0.4) is 0 Å². The summed E-state index contributed by atoms with van der Waals surface area (Å²) in [6.45, 7) is 1.75. The highest BCUT2D eigenvalue weighted by molar-refractivity contribution is 6.04. The summed E-state index contributed by atoms with van der Waals surface area (Å²) in [5, 5.41) is 0. The standard InChI is InChI=1S/C10H8F2O2/c1-2-8-9(13)6-3-5(11)4-7(12)10(6)14-8/h3-4,8H,2H2,1H3. The fraction of sp³-hybridized carbons (Fsp3) is 0.300. The van der Waals surface area contributed by atoms with Crippen molar-refractivity contribution in [3.8, 4) is 5.75 Å². The smallest absolute Gasteiger partial charge is 0.207 e. The Hall–Kier alpha value is -1.45. The number of hydrogen-bond donors (Lipinski definition) is 0. The van der Waals surface area contributed by atoms with Crippen LogP contribution in [-0.4, -0.2) is 11.9 Å². The van der Waals surface area contributed by atoms with Crippen molar-refractivity contribution in [2.24, 2.45) is 0 Å². The molecule has 0 aliphatic carbocycles. The van der Waals surface area contributed by atoms with E-state index in [1.165, 1.54) is 0 Å². The van der Waals surface area contributed by atoms with E-state index in [0.29, 0.717) is 12.5 Å². The first-order chi connectivity index (χ1) is 6.63. The Labute approximate surface area is 79.5 Å². The molecule has 1 aromatic carbocycles. The third kappa shape index (κ3) is 1.18. The van der Waals surface area contributed by atoms with Crippen LogP contribution in [0.1, 0.15) is 23.7 Å². The van der Waals surface area contributed by atoms with Gasteiger partial charge in [0, 0.05) is 6.07 Å². The molecular weight excluding hydrogens is 190 g/mol. The first-order valence-corrected chi connectivity index (χ1v) is 4.33. The average Bonchev–Trinajstić information content (AvgIpc) is 2.44. The summed E-state index contributed by atoms with van der Waals surface area (Å²) in [7, 11) is 0. The molecule has 1 aliphatic rings. The van der Waals surface area contributed by atoms with Crippen LogP contribution in [0.4, 0.5) is 8.78 Å². The molecule has 0 bridgehead atoms. The molecule has 0 fully saturated rings. The summed E-state index contributed by atoms with van der Waals surface area (Å²) in [5.74, 6) is -2.04. The van der Waals surface area contributed by atoms with Crippen LogP contribution in [0.5, 0.6) is 5.75 Å². The largest absolute Gasteiger partial charge is 0.478 e. The Bertz CT molecular complexity index is 401. The molecule has 0 saturated heterocycles. The van der Waals surface area contributed by atoms with Crippen molar-refractivity contribution in [1.29, 1.82) is 0 Å². The number of ether oxygens (including phenoxy) is 1. The zero-order chi connectivity index (χ0) is 10.3. The van der Waals surface area contributed by atoms with Gasteiger partial charge in [-0.25, -0.2) is 8.78 Å². The van der Waals surface area contributed by atoms with Crippen molar-refractivity contribution in [3.63, 3.8) is 0 Å². The van der Waals surface area contributed by atoms with Gasteiger partial charge in [0.2, 0.25) is 5.78 Å². The number of rotatable bonds is 1. The molecule has 1 atom stereocenters. The van der Waals surface area contributed by atoms with Crippen molar-refractivity contribution in [1.82, 2.24) is 0 Å². The summed E-state index contributed by atoms with van der Waals surface area (Å²) < 4.78 is 31.0. The molecule has 1 unspecified atom stereocenters. The van der Waals surface area contributed by atoms with Crippen LogP contribution >= 0.6 is 0 Å². The van der Waals surface area contributed by atoms with Crippen molar-refractivity contribution >= 4 is 5.78 Å². The van der Waals surface area contributed by atoms with Gasteiger partial charge in [-0.1, -0.05) is 6.92 Å². The Morgan fingerprint density at radius 3 is 2.79 bits per heavy atom. The van der Waals surface area contributed by atoms with Gasteiger partial charge in [-0.2, -0.15) is 0 Å². The maximum atomic E-state index is 13.1. The van der Waals surface area contributed by atoms with E-state index in [-0.39, 0.29) is 17.1 Å². The third-order valence-corrected chi connectivity index (χ3v) is 2.20. The number of carbonyl (C=O) groups excluding carboxylic acids is 1. The van der Waals surface area contributed by atoms with Crippen LogP contribution in [0.15, 0.2) is 12.1 Å². The van der Waals surface area contributed by atoms with Gasteiger partial charge in [0.05, 0.1) is 5.56 Å². The van der Waals surface area contributed by atoms with Crippen LogP contribution in [-0.2, 0) is 0 Å². The minimum Gasteiger partial charge on any atom is -0.478 e. The molecule has 1 aliphatic heterocycles. The summed E-state index contributed by atoms with van der Waals surface area (Å²) in [5.41, 5.74) is 0.00866. The quantitative estimate of drug-likeness (QED) is 0.692. The highest BCUT2D eigenvalue weighted by Gasteiger charge is 2.33. The molecule has 74 valence electrons. The molecule has 0 radical (unpaired) electrons. The van der Waals surface area contributed by atoms with E-state index in [1.807, 2.05) is 0 Å². The zero-order valence-corrected chi connectivity index (χ0v) is 7.51. The molecule has 2 nitrogen and oxygen atoms in total. The SMILES string of the molecule is CCC1Oc2c(F)cc(F)cc2C1=O. The van der Waals surface area contributed by atoms with E-state index in [0.717, 1.165) is 6.07 Å². The number of fused-ring (bicyclic) bond motifs is 1. The van der Waals surface area contributed by atoms with Gasteiger partial charge >= 0.3 is 0 Å². The number of ketones is 1. The molecule has 14 heavy (non-hydrogen) atoms. The molecule has 0 aromatic heterocycles. The second-order valence-electron chi connectivity index (χ2n) is 3.14. The molecule has 0 saturated carbocycles. The van der Waals surface area contributed by atoms with Crippen molar-refractivity contribution in [3.05, 3.63) is 29.3 Å². The second kappa shape index (κ2) is 3.04. The van der Waals surface area contributed by atoms with Crippen molar-refractivity contribution < 1.29 is 18.3 Å². The van der Waals surface area contributed by atoms with Crippen molar-refractivity contribution in [2.45, 2.75) is 19.4 Å². The number of hydrogen-bond acceptors (Lipinski definition) is 2. The predicted octanol–water partition coefficient (Wildman–Crippen LogP) is 2.32. The summed E-state index contributed by atoms with van der Waals surface area (Å²) in [6.07, 6.45) is -0.213. The van der Waals surface area contributed by atoms with Gasteiger partial charge in [0.1, 0.15) is 5.82 Å². The fourth-order valence-corrected chi connectivity index (χ4v) is 1.50. The second-order valence-corrected chi connectivity index (χ2v) is 3.14. The van der Waals surface area contributed by atoms with Gasteiger partial charge in [-0.3, -0.25) is 4.79 Å². The Kier molecular flexibility index (Phi) is 1.98. The molecule has 0 amide bonds. The molecule has 2 rings (SSSR count). The lowest BCUT2D eigenvalue weighted by Gasteiger charge is -2.04. The highest BCUT2D eigenvalue weighted by Crippen LogP contribution is 2.33. The Morgan fingerprint density at radius 2 is 2.14 bits per heavy atom. The molecule has 1 aromatic rings. The average molecular weight is 198 g/mol. The molecule has 0 spiro atoms. The van der Waals surface area contributed by atoms with E-state index < -0.39 is 17.7 Å². The molecule has 4 heteroatoms. The minimum absolute atomic E-state index is 0.00866. The van der Waals surface area contributed by atoms with Crippen LogP contribution in [0.25, 0.3) is 0 Å². The fourth-order valence-electron chi connectivity index (χ4n) is 1.50. The summed E-state index contributed by atoms with van der Waals surface area (Å²) >= 11 is 0. The number of benzene rings is 1. The van der Waals surface area contributed by atoms with E-state index in [4.69, 9.17) is 4.74 Å². The van der Waals surface area contributed by atoms with Gasteiger partial charge in [0.15, 0.2) is 17.7 Å².